The zero-order chi connectivity index (χ0) is 6.97. The fourth-order valence-electron chi connectivity index (χ4n) is 1.36. The molecular weight excluding hydrogens is 177 g/mol. The molecule has 1 atom stereocenters. The molecule has 0 bridgehead atoms. The van der Waals surface area contributed by atoms with E-state index in [4.69, 9.17) is 0 Å². The van der Waals surface area contributed by atoms with Crippen LogP contribution in [-0.2, 0) is 0 Å². The summed E-state index contributed by atoms with van der Waals surface area (Å²) in [7, 11) is 4.47. The predicted molar refractivity (Wildman–Crippen MR) is 52.3 cm³/mol. The molecule has 10 heavy (non-hydrogen) atoms. The lowest BCUT2D eigenvalue weighted by molar-refractivity contribution is 0.425. The molecule has 1 aliphatic rings. The molecule has 0 saturated heterocycles. The Morgan fingerprint density at radius 1 is 1.40 bits per heavy atom. The summed E-state index contributed by atoms with van der Waals surface area (Å²) < 4.78 is 0. The summed E-state index contributed by atoms with van der Waals surface area (Å²) in [5.74, 6) is 1.02. The van der Waals surface area contributed by atoms with Crippen LogP contribution in [0.3, 0.4) is 0 Å². The minimum Gasteiger partial charge on any atom is -0.0813 e. The molecule has 0 aliphatic heterocycles. The first kappa shape index (κ1) is 7.30. The summed E-state index contributed by atoms with van der Waals surface area (Å²) in [4.78, 5) is 0. The first-order chi connectivity index (χ1) is 4.88. The Kier molecular flexibility index (Phi) is 2.15. The second kappa shape index (κ2) is 2.94. The number of aryl methyl sites for hydroxylation is 1. The number of hydrogen-bond donors (Lipinski definition) is 0. The van der Waals surface area contributed by atoms with Crippen molar-refractivity contribution in [2.75, 3.05) is 0 Å². The Hall–Kier alpha value is 0.640. The van der Waals surface area contributed by atoms with E-state index >= 15 is 0 Å². The molecule has 1 saturated carbocycles. The molecule has 1 aliphatic carbocycles. The summed E-state index contributed by atoms with van der Waals surface area (Å²) in [5.41, 5.74) is 0. The summed E-state index contributed by atoms with van der Waals surface area (Å²) >= 11 is 0. The van der Waals surface area contributed by atoms with Crippen LogP contribution in [0.25, 0.3) is 0 Å². The first-order valence-corrected chi connectivity index (χ1v) is 8.22. The van der Waals surface area contributed by atoms with Gasteiger partial charge in [0.1, 0.15) is 0 Å². The normalized spacial score (nSPS) is 21.3. The highest BCUT2D eigenvalue weighted by molar-refractivity contribution is 8.17. The first-order valence-electron chi connectivity index (χ1n) is 3.75. The van der Waals surface area contributed by atoms with E-state index in [9.17, 15) is 0 Å². The minimum atomic E-state index is 1.02. The van der Waals surface area contributed by atoms with Crippen LogP contribution in [0, 0.1) is 6.92 Å². The predicted octanol–water partition coefficient (Wildman–Crippen LogP) is 4.45. The van der Waals surface area contributed by atoms with E-state index in [0.717, 1.165) is 5.92 Å². The Labute approximate surface area is 66.5 Å². The van der Waals surface area contributed by atoms with Crippen molar-refractivity contribution in [3.8, 4) is 0 Å². The monoisotopic (exact) mass is 188 g/mol. The van der Waals surface area contributed by atoms with E-state index in [0.29, 0.717) is 0 Å². The molecule has 0 radical (unpaired) electrons. The van der Waals surface area contributed by atoms with Crippen LogP contribution < -0.4 is 0 Å². The summed E-state index contributed by atoms with van der Waals surface area (Å²) in [6.45, 7) is 2.32. The van der Waals surface area contributed by atoms with Crippen molar-refractivity contribution >= 4 is 23.3 Å². The van der Waals surface area contributed by atoms with Crippen molar-refractivity contribution in [3.05, 3.63) is 10.6 Å². The van der Waals surface area contributed by atoms with Gasteiger partial charge in [-0.3, -0.25) is 0 Å². The molecule has 0 spiro atoms. The van der Waals surface area contributed by atoms with E-state index in [1.807, 2.05) is 5.30 Å². The topological polar surface area (TPSA) is 0 Å². The summed E-state index contributed by atoms with van der Waals surface area (Å²) in [6.07, 6.45) is 4.45. The fourth-order valence-corrected chi connectivity index (χ4v) is 8.54. The fraction of sp³-hybridized carbons (Fsp3) is 0.714. The van der Waals surface area contributed by atoms with Gasteiger partial charge in [0, 0.05) is 0 Å². The number of rotatable bonds is 1. The van der Waals surface area contributed by atoms with Gasteiger partial charge in [-0.15, -0.1) is 0 Å². The highest BCUT2D eigenvalue weighted by Crippen LogP contribution is 2.50. The molecule has 1 heterocycles. The van der Waals surface area contributed by atoms with Gasteiger partial charge in [0.05, 0.1) is 0 Å². The van der Waals surface area contributed by atoms with Crippen LogP contribution in [0.5, 0.6) is 0 Å². The van der Waals surface area contributed by atoms with Crippen LogP contribution in [0.1, 0.15) is 35.8 Å². The van der Waals surface area contributed by atoms with Crippen molar-refractivity contribution in [1.29, 1.82) is 0 Å². The number of hydrogen-bond acceptors (Lipinski definition) is 0. The van der Waals surface area contributed by atoms with E-state index in [1.54, 1.807) is 21.0 Å². The highest BCUT2D eigenvalue weighted by Gasteiger charge is 2.21. The Balaban J connectivity index is 2.23. The summed E-state index contributed by atoms with van der Waals surface area (Å²) in [5, 5.41) is 3.51. The lowest BCUT2D eigenvalue weighted by Crippen LogP contribution is -2.07. The van der Waals surface area contributed by atoms with E-state index < -0.39 is 0 Å². The highest BCUT2D eigenvalue weighted by atomic mass is 32.1. The van der Waals surface area contributed by atoms with Gasteiger partial charge in [0.15, 0.2) is 0 Å². The van der Waals surface area contributed by atoms with Crippen molar-refractivity contribution < 1.29 is 0 Å². The molecule has 1 unspecified atom stereocenters. The second-order valence-electron chi connectivity index (χ2n) is 2.92. The van der Waals surface area contributed by atoms with Crippen molar-refractivity contribution in [1.82, 2.24) is 0 Å². The zero-order valence-corrected chi connectivity index (χ0v) is 8.88. The third-order valence-corrected chi connectivity index (χ3v) is 8.27. The van der Waals surface area contributed by atoms with Crippen LogP contribution in [0.2, 0.25) is 0 Å². The van der Waals surface area contributed by atoms with Gasteiger partial charge in [-0.05, 0) is 52.0 Å². The van der Waals surface area contributed by atoms with Gasteiger partial charge in [0.2, 0.25) is 0 Å². The zero-order valence-electron chi connectivity index (χ0n) is 6.09. The van der Waals surface area contributed by atoms with Crippen LogP contribution in [0.15, 0.2) is 0 Å². The van der Waals surface area contributed by atoms with Crippen LogP contribution in [0.4, 0.5) is 0 Å². The smallest absolute Gasteiger partial charge is 0.00573 e. The third-order valence-electron chi connectivity index (χ3n) is 2.25. The standard InChI is InChI=1S/C7H11P3/c1-5-7(9-10-8-5)6-3-2-4-6/h6,10H,2-4H2,1H3. The van der Waals surface area contributed by atoms with Crippen molar-refractivity contribution in [2.45, 2.75) is 32.1 Å². The molecule has 1 fully saturated rings. The van der Waals surface area contributed by atoms with E-state index in [1.165, 1.54) is 26.8 Å². The van der Waals surface area contributed by atoms with E-state index in [-0.39, 0.29) is 0 Å². The SMILES string of the molecule is Cc1p[pH]pc1C1CCC1. The largest absolute Gasteiger partial charge is 0.0813 e. The van der Waals surface area contributed by atoms with Crippen LogP contribution >= 0.6 is 23.3 Å². The quantitative estimate of drug-likeness (QED) is 0.610. The minimum absolute atomic E-state index is 1.02. The maximum Gasteiger partial charge on any atom is -0.00573 e. The van der Waals surface area contributed by atoms with Gasteiger partial charge in [-0.2, -0.15) is 0 Å². The molecule has 0 aromatic carbocycles. The Bertz CT molecular complexity index is 225. The second-order valence-corrected chi connectivity index (χ2v) is 8.46. The molecule has 3 heteroatoms. The maximum atomic E-state index is 2.32. The molecule has 0 amide bonds. The average Bonchev–Trinajstić information content (AvgIpc) is 2.12. The molecular formula is C7H11P3. The van der Waals surface area contributed by atoms with E-state index in [2.05, 4.69) is 6.92 Å². The average molecular weight is 188 g/mol. The van der Waals surface area contributed by atoms with Gasteiger partial charge in [-0.25, -0.2) is 0 Å². The molecule has 0 nitrogen and oxygen atoms in total. The Morgan fingerprint density at radius 2 is 2.20 bits per heavy atom. The lowest BCUT2D eigenvalue weighted by atomic mass is 9.84. The Morgan fingerprint density at radius 3 is 2.60 bits per heavy atom. The molecule has 1 aromatic heterocycles. The molecule has 2 rings (SSSR count). The molecule has 0 N–H and O–H groups in total. The summed E-state index contributed by atoms with van der Waals surface area (Å²) in [6, 6.07) is 0. The van der Waals surface area contributed by atoms with Gasteiger partial charge in [0.25, 0.3) is 0 Å². The van der Waals surface area contributed by atoms with Crippen molar-refractivity contribution in [3.63, 3.8) is 0 Å². The lowest BCUT2D eigenvalue weighted by Gasteiger charge is -2.24. The van der Waals surface area contributed by atoms with Gasteiger partial charge in [-0.1, -0.05) is 14.0 Å². The van der Waals surface area contributed by atoms with Crippen molar-refractivity contribution in [2.24, 2.45) is 0 Å². The van der Waals surface area contributed by atoms with Crippen LogP contribution in [-0.4, -0.2) is 0 Å². The third kappa shape index (κ3) is 1.18. The maximum absolute atomic E-state index is 2.32. The van der Waals surface area contributed by atoms with Gasteiger partial charge >= 0.3 is 0 Å². The van der Waals surface area contributed by atoms with Gasteiger partial charge < -0.3 is 0 Å². The molecule has 1 aromatic rings. The molecule has 54 valence electrons.